The Labute approximate surface area is 345 Å². The van der Waals surface area contributed by atoms with Gasteiger partial charge < -0.3 is 47.4 Å². The Morgan fingerprint density at radius 1 is 0.862 bits per heavy atom. The Hall–Kier alpha value is -4.24. The van der Waals surface area contributed by atoms with E-state index in [-0.39, 0.29) is 31.0 Å². The number of ether oxygens (including phenoxy) is 10. The van der Waals surface area contributed by atoms with E-state index >= 15 is 0 Å². The second kappa shape index (κ2) is 22.8. The molecule has 13 heteroatoms. The highest BCUT2D eigenvalue weighted by atomic mass is 28.3. The first-order valence-electron chi connectivity index (χ1n) is 19.8. The largest absolute Gasteiger partial charge is 0.497 e. The third-order valence-corrected chi connectivity index (χ3v) is 11.1. The highest BCUT2D eigenvalue weighted by Crippen LogP contribution is 2.36. The maximum absolute atomic E-state index is 13.7. The van der Waals surface area contributed by atoms with Crippen molar-refractivity contribution in [3.05, 3.63) is 95.1 Å². The van der Waals surface area contributed by atoms with Crippen LogP contribution in [0.4, 0.5) is 0 Å². The normalized spacial score (nSPS) is 17.5. The summed E-state index contributed by atoms with van der Waals surface area (Å²) in [4.78, 5) is 27.2. The molecule has 0 spiro atoms. The van der Waals surface area contributed by atoms with E-state index in [0.29, 0.717) is 49.4 Å². The van der Waals surface area contributed by atoms with E-state index in [1.165, 1.54) is 14.2 Å². The molecule has 4 atom stereocenters. The van der Waals surface area contributed by atoms with Crippen molar-refractivity contribution in [3.63, 3.8) is 0 Å². The molecule has 1 aliphatic heterocycles. The summed E-state index contributed by atoms with van der Waals surface area (Å²) in [6, 6.07) is 20.9. The van der Waals surface area contributed by atoms with E-state index in [9.17, 15) is 9.59 Å². The maximum atomic E-state index is 13.7. The predicted octanol–water partition coefficient (Wildman–Crippen LogP) is 9.08. The van der Waals surface area contributed by atoms with Crippen molar-refractivity contribution in [2.75, 3.05) is 41.5 Å². The van der Waals surface area contributed by atoms with E-state index in [0.717, 1.165) is 23.8 Å². The smallest absolute Gasteiger partial charge is 0.342 e. The summed E-state index contributed by atoms with van der Waals surface area (Å²) in [5.74, 6) is -0.425. The fourth-order valence-electron chi connectivity index (χ4n) is 6.34. The fourth-order valence-corrected chi connectivity index (χ4v) is 7.05. The number of carbonyl (C=O) groups excluding carboxylic acids is 2. The average molecular weight is 823 g/mol. The molecule has 318 valence electrons. The van der Waals surface area contributed by atoms with Gasteiger partial charge >= 0.3 is 11.9 Å². The van der Waals surface area contributed by atoms with E-state index in [1.807, 2.05) is 63.3 Å². The molecule has 0 amide bonds. The number of esters is 2. The van der Waals surface area contributed by atoms with Crippen molar-refractivity contribution < 1.29 is 57.0 Å². The predicted molar refractivity (Wildman–Crippen MR) is 224 cm³/mol. The van der Waals surface area contributed by atoms with Crippen molar-refractivity contribution in [3.8, 4) is 17.2 Å². The number of hydrogen-bond donors (Lipinski definition) is 0. The van der Waals surface area contributed by atoms with Crippen molar-refractivity contribution in [2.45, 2.75) is 109 Å². The van der Waals surface area contributed by atoms with E-state index in [2.05, 4.69) is 19.6 Å². The van der Waals surface area contributed by atoms with Crippen molar-refractivity contribution in [1.82, 2.24) is 0 Å². The molecule has 0 bridgehead atoms. The van der Waals surface area contributed by atoms with Crippen molar-refractivity contribution in [2.24, 2.45) is 0 Å². The molecule has 1 saturated heterocycles. The molecule has 3 aromatic rings. The van der Waals surface area contributed by atoms with Crippen LogP contribution in [0, 0.1) is 0 Å². The van der Waals surface area contributed by atoms with Gasteiger partial charge in [0.1, 0.15) is 35.0 Å². The molecular formula is C45H62O12Si. The quantitative estimate of drug-likeness (QED) is 0.0486. The molecule has 1 fully saturated rings. The van der Waals surface area contributed by atoms with Gasteiger partial charge in [-0.2, -0.15) is 0 Å². The van der Waals surface area contributed by atoms with Crippen LogP contribution in [-0.2, 0) is 39.8 Å². The van der Waals surface area contributed by atoms with Gasteiger partial charge in [-0.15, -0.1) is 0 Å². The van der Waals surface area contributed by atoms with Crippen molar-refractivity contribution in [1.29, 1.82) is 0 Å². The molecule has 58 heavy (non-hydrogen) atoms. The topological polar surface area (TPSA) is 126 Å². The van der Waals surface area contributed by atoms with Crippen LogP contribution >= 0.6 is 0 Å². The monoisotopic (exact) mass is 822 g/mol. The molecule has 1 aliphatic rings. The number of methoxy groups -OCH3 is 3. The highest BCUT2D eigenvalue weighted by Gasteiger charge is 2.46. The summed E-state index contributed by atoms with van der Waals surface area (Å²) < 4.78 is 58.3. The summed E-state index contributed by atoms with van der Waals surface area (Å²) in [5.41, 5.74) is 2.26. The molecule has 12 nitrogen and oxygen atoms in total. The Bertz CT molecular complexity index is 1740. The summed E-state index contributed by atoms with van der Waals surface area (Å²) in [6.45, 7) is 13.1. The van der Waals surface area contributed by atoms with E-state index in [4.69, 9.17) is 47.4 Å². The third-order valence-electron chi connectivity index (χ3n) is 9.39. The minimum Gasteiger partial charge on any atom is -0.497 e. The minimum atomic E-state index is -1.47. The zero-order valence-corrected chi connectivity index (χ0v) is 36.6. The van der Waals surface area contributed by atoms with Crippen LogP contribution in [0.15, 0.2) is 72.8 Å². The van der Waals surface area contributed by atoms with Gasteiger partial charge in [-0.3, -0.25) is 0 Å². The summed E-state index contributed by atoms with van der Waals surface area (Å²) in [5, 5.41) is 0. The molecular weight excluding hydrogens is 761 g/mol. The second-order valence-electron chi connectivity index (χ2n) is 15.9. The van der Waals surface area contributed by atoms with Crippen molar-refractivity contribution >= 4 is 26.1 Å². The van der Waals surface area contributed by atoms with Gasteiger partial charge in [0.05, 0.1) is 38.1 Å². The molecule has 0 N–H and O–H groups in total. The third kappa shape index (κ3) is 15.2. The van der Waals surface area contributed by atoms with Crippen LogP contribution in [0.5, 0.6) is 17.2 Å². The van der Waals surface area contributed by atoms with Gasteiger partial charge in [0.2, 0.25) is 0 Å². The number of carbonyl (C=O) groups is 2. The first-order chi connectivity index (χ1) is 27.7. The standard InChI is InChI=1S/C45H62O12Si/c1-32(52-29-33-21-23-36(50-6)24-22-33)15-13-19-38(55-43(46)34-16-11-10-12-17-34)42-39(56-45(2,3)57-42)20-14-18-35-27-37(53-30-48-4)28-40(54-31-49-5)41(35)44(47)51-25-26-58(7,8)9/h10-12,14,16-18,21-24,27-28,32,38-39,42H,13,15,19-20,25-26,29-31H2,1-9H3/b18-14+/t32-,38?,39?,42?/m0/s1. The lowest BCUT2D eigenvalue weighted by Crippen LogP contribution is -2.39. The summed E-state index contributed by atoms with van der Waals surface area (Å²) >= 11 is 0. The first kappa shape index (κ1) is 46.4. The lowest BCUT2D eigenvalue weighted by molar-refractivity contribution is -0.156. The lowest BCUT2D eigenvalue weighted by atomic mass is 9.98. The van der Waals surface area contributed by atoms with E-state index < -0.39 is 44.1 Å². The molecule has 0 radical (unpaired) electrons. The molecule has 0 saturated carbocycles. The first-order valence-corrected chi connectivity index (χ1v) is 23.5. The van der Waals surface area contributed by atoms with Gasteiger partial charge in [-0.1, -0.05) is 62.1 Å². The SMILES string of the molecule is COCOc1cc(/C=C/CC2OC(C)(C)OC2C(CCC[C@H](C)OCc2ccc(OC)cc2)OC(=O)c2ccccc2)c(C(=O)OCC[Si](C)(C)C)c(OCOC)c1. The van der Waals surface area contributed by atoms with Gasteiger partial charge in [0.25, 0.3) is 0 Å². The molecule has 0 aliphatic carbocycles. The van der Waals surface area contributed by atoms with Crippen LogP contribution in [0.25, 0.3) is 6.08 Å². The zero-order valence-electron chi connectivity index (χ0n) is 35.6. The van der Waals surface area contributed by atoms with Crippen LogP contribution < -0.4 is 14.2 Å². The van der Waals surface area contributed by atoms with E-state index in [1.54, 1.807) is 43.5 Å². The van der Waals surface area contributed by atoms with Gasteiger partial charge in [-0.05, 0) is 94.0 Å². The van der Waals surface area contributed by atoms with Crippen LogP contribution in [0.3, 0.4) is 0 Å². The maximum Gasteiger partial charge on any atom is 0.342 e. The lowest BCUT2D eigenvalue weighted by Gasteiger charge is -2.27. The van der Waals surface area contributed by atoms with Gasteiger partial charge in [-0.25, -0.2) is 9.59 Å². The summed E-state index contributed by atoms with van der Waals surface area (Å²) in [6.07, 6.45) is 4.30. The van der Waals surface area contributed by atoms with Crippen LogP contribution in [-0.4, -0.2) is 91.7 Å². The van der Waals surface area contributed by atoms with Gasteiger partial charge in [0, 0.05) is 28.4 Å². The fraction of sp³-hybridized carbons (Fsp3) is 0.511. The van der Waals surface area contributed by atoms with Gasteiger partial charge in [0.15, 0.2) is 19.4 Å². The minimum absolute atomic E-state index is 0.00639. The second-order valence-corrected chi connectivity index (χ2v) is 21.5. The molecule has 1 heterocycles. The van der Waals surface area contributed by atoms with Crippen LogP contribution in [0.2, 0.25) is 25.7 Å². The highest BCUT2D eigenvalue weighted by molar-refractivity contribution is 6.76. The Morgan fingerprint density at radius 2 is 1.57 bits per heavy atom. The Balaban J connectivity index is 1.56. The van der Waals surface area contributed by atoms with Crippen LogP contribution in [0.1, 0.15) is 78.3 Å². The average Bonchev–Trinajstić information content (AvgIpc) is 3.51. The molecule has 4 rings (SSSR count). The Kier molecular flexibility index (Phi) is 18.2. The molecule has 0 aromatic heterocycles. The number of rotatable bonds is 24. The summed E-state index contributed by atoms with van der Waals surface area (Å²) in [7, 11) is 3.20. The zero-order chi connectivity index (χ0) is 42.1. The molecule has 3 unspecified atom stereocenters. The molecule has 3 aromatic carbocycles. The number of benzene rings is 3. The number of hydrogen-bond acceptors (Lipinski definition) is 12. The Morgan fingerprint density at radius 3 is 2.24 bits per heavy atom.